The van der Waals surface area contributed by atoms with Gasteiger partial charge in [0.15, 0.2) is 0 Å². The van der Waals surface area contributed by atoms with Crippen LogP contribution in [0.1, 0.15) is 58.8 Å². The van der Waals surface area contributed by atoms with Crippen LogP contribution >= 0.6 is 0 Å². The molecule has 0 bridgehead atoms. The molecular weight excluding hydrogens is 260 g/mol. The highest BCUT2D eigenvalue weighted by Crippen LogP contribution is 2.25. The van der Waals surface area contributed by atoms with E-state index in [1.165, 1.54) is 0 Å². The zero-order chi connectivity index (χ0) is 15.1. The van der Waals surface area contributed by atoms with Gasteiger partial charge in [0.25, 0.3) is 0 Å². The third kappa shape index (κ3) is 5.23. The van der Waals surface area contributed by atoms with Gasteiger partial charge in [-0.2, -0.15) is 0 Å². The molecule has 3 atom stereocenters. The van der Waals surface area contributed by atoms with E-state index in [1.807, 2.05) is 0 Å². The van der Waals surface area contributed by atoms with Gasteiger partial charge in [0.05, 0.1) is 17.8 Å². The smallest absolute Gasteiger partial charge is 0.339 e. The molecule has 20 heavy (non-hydrogen) atoms. The van der Waals surface area contributed by atoms with Crippen LogP contribution in [0.3, 0.4) is 0 Å². The number of carbonyl (C=O) groups excluding carboxylic acids is 1. The van der Waals surface area contributed by atoms with Crippen molar-refractivity contribution in [3.8, 4) is 0 Å². The van der Waals surface area contributed by atoms with Crippen molar-refractivity contribution in [1.29, 1.82) is 0 Å². The van der Waals surface area contributed by atoms with Gasteiger partial charge in [-0.15, -0.1) is 0 Å². The van der Waals surface area contributed by atoms with Gasteiger partial charge in [0, 0.05) is 5.57 Å². The second-order valence-electron chi connectivity index (χ2n) is 5.56. The molecule has 0 saturated heterocycles. The molecule has 1 aliphatic heterocycles. The molecule has 3 N–H and O–H groups in total. The zero-order valence-electron chi connectivity index (χ0n) is 12.3. The quantitative estimate of drug-likeness (QED) is 0.443. The van der Waals surface area contributed by atoms with Crippen molar-refractivity contribution in [1.82, 2.24) is 0 Å². The molecule has 0 aromatic heterocycles. The molecule has 1 aliphatic rings. The van der Waals surface area contributed by atoms with Gasteiger partial charge in [-0.05, 0) is 26.7 Å². The van der Waals surface area contributed by atoms with Crippen molar-refractivity contribution >= 4 is 5.97 Å². The second-order valence-corrected chi connectivity index (χ2v) is 5.56. The van der Waals surface area contributed by atoms with Gasteiger partial charge < -0.3 is 20.1 Å². The molecule has 0 aromatic rings. The predicted molar refractivity (Wildman–Crippen MR) is 74.8 cm³/mol. The van der Waals surface area contributed by atoms with Gasteiger partial charge in [0.1, 0.15) is 0 Å². The fraction of sp³-hybridized carbons (Fsp3) is 0.800. The summed E-state index contributed by atoms with van der Waals surface area (Å²) in [4.78, 5) is 11.5. The van der Waals surface area contributed by atoms with Gasteiger partial charge in [-0.25, -0.2) is 4.79 Å². The molecule has 0 aromatic carbocycles. The highest BCUT2D eigenvalue weighted by molar-refractivity contribution is 5.92. The first kappa shape index (κ1) is 17.1. The summed E-state index contributed by atoms with van der Waals surface area (Å²) in [6.07, 6.45) is 4.02. The summed E-state index contributed by atoms with van der Waals surface area (Å²) in [5.41, 5.74) is 0.631. The Morgan fingerprint density at radius 2 is 1.65 bits per heavy atom. The van der Waals surface area contributed by atoms with Crippen molar-refractivity contribution < 1.29 is 24.9 Å². The number of aliphatic hydroxyl groups is 3. The number of carbonyl (C=O) groups is 1. The molecule has 0 fully saturated rings. The van der Waals surface area contributed by atoms with Crippen LogP contribution < -0.4 is 0 Å². The molecular formula is C15H26O5. The number of hydrogen-bond donors (Lipinski definition) is 3. The SMILES string of the molecule is CC1=C([C@@H](O)CCCCCCC[C@@H](C)O)C(=O)O[C@@H]1O. The monoisotopic (exact) mass is 286 g/mol. The van der Waals surface area contributed by atoms with Gasteiger partial charge in [0.2, 0.25) is 6.29 Å². The summed E-state index contributed by atoms with van der Waals surface area (Å²) >= 11 is 0. The molecule has 0 spiro atoms. The Kier molecular flexibility index (Phi) is 7.19. The van der Waals surface area contributed by atoms with Crippen molar-refractivity contribution in [2.45, 2.75) is 77.3 Å². The number of esters is 1. The Morgan fingerprint density at radius 3 is 2.15 bits per heavy atom. The molecule has 116 valence electrons. The molecule has 0 amide bonds. The van der Waals surface area contributed by atoms with E-state index in [0.29, 0.717) is 12.0 Å². The van der Waals surface area contributed by atoms with Crippen LogP contribution in [-0.2, 0) is 9.53 Å². The second kappa shape index (κ2) is 8.39. The molecule has 0 saturated carbocycles. The summed E-state index contributed by atoms with van der Waals surface area (Å²) in [5, 5.41) is 28.5. The summed E-state index contributed by atoms with van der Waals surface area (Å²) < 4.78 is 4.65. The first-order valence-corrected chi connectivity index (χ1v) is 7.39. The summed E-state index contributed by atoms with van der Waals surface area (Å²) in [6, 6.07) is 0. The Morgan fingerprint density at radius 1 is 1.10 bits per heavy atom. The number of hydrogen-bond acceptors (Lipinski definition) is 5. The molecule has 5 heteroatoms. The lowest BCUT2D eigenvalue weighted by Gasteiger charge is -2.10. The minimum Gasteiger partial charge on any atom is -0.428 e. The van der Waals surface area contributed by atoms with E-state index >= 15 is 0 Å². The molecule has 0 unspecified atom stereocenters. The fourth-order valence-corrected chi connectivity index (χ4v) is 2.40. The third-order valence-corrected chi connectivity index (χ3v) is 3.67. The van der Waals surface area contributed by atoms with Crippen LogP contribution in [0.2, 0.25) is 0 Å². The maximum atomic E-state index is 11.5. The summed E-state index contributed by atoms with van der Waals surface area (Å²) in [7, 11) is 0. The minimum atomic E-state index is -1.20. The fourth-order valence-electron chi connectivity index (χ4n) is 2.40. The average Bonchev–Trinajstić information content (AvgIpc) is 2.61. The lowest BCUT2D eigenvalue weighted by Crippen LogP contribution is -2.16. The van der Waals surface area contributed by atoms with E-state index in [4.69, 9.17) is 5.11 Å². The minimum absolute atomic E-state index is 0.214. The first-order chi connectivity index (χ1) is 9.43. The Balaban J connectivity index is 2.18. The maximum absolute atomic E-state index is 11.5. The lowest BCUT2D eigenvalue weighted by atomic mass is 9.99. The highest BCUT2D eigenvalue weighted by Gasteiger charge is 2.33. The maximum Gasteiger partial charge on any atom is 0.339 e. The molecule has 5 nitrogen and oxygen atoms in total. The van der Waals surface area contributed by atoms with E-state index in [1.54, 1.807) is 13.8 Å². The number of aliphatic hydroxyl groups excluding tert-OH is 3. The van der Waals surface area contributed by atoms with E-state index in [-0.39, 0.29) is 11.7 Å². The van der Waals surface area contributed by atoms with E-state index in [0.717, 1.165) is 38.5 Å². The van der Waals surface area contributed by atoms with Crippen LogP contribution in [0.25, 0.3) is 0 Å². The third-order valence-electron chi connectivity index (χ3n) is 3.67. The number of cyclic esters (lactones) is 1. The number of rotatable bonds is 9. The average molecular weight is 286 g/mol. The van der Waals surface area contributed by atoms with E-state index in [9.17, 15) is 15.0 Å². The highest BCUT2D eigenvalue weighted by atomic mass is 16.6. The first-order valence-electron chi connectivity index (χ1n) is 7.39. The van der Waals surface area contributed by atoms with Crippen LogP contribution in [0.15, 0.2) is 11.1 Å². The predicted octanol–water partition coefficient (Wildman–Crippen LogP) is 1.65. The van der Waals surface area contributed by atoms with Crippen LogP contribution in [0, 0.1) is 0 Å². The normalized spacial score (nSPS) is 22.1. The molecule has 1 rings (SSSR count). The van der Waals surface area contributed by atoms with Gasteiger partial charge in [-0.1, -0.05) is 32.1 Å². The van der Waals surface area contributed by atoms with Crippen LogP contribution in [0.4, 0.5) is 0 Å². The standard InChI is InChI=1S/C15H26O5/c1-10(16)8-6-4-3-5-7-9-12(17)13-11(2)14(18)20-15(13)19/h10,12,14,16-18H,3-9H2,1-2H3/t10-,12+,14+/m1/s1. The van der Waals surface area contributed by atoms with Crippen molar-refractivity contribution in [3.63, 3.8) is 0 Å². The molecule has 0 radical (unpaired) electrons. The molecule has 0 aliphatic carbocycles. The summed E-state index contributed by atoms with van der Waals surface area (Å²) in [5.74, 6) is -0.612. The Bertz CT molecular complexity index is 348. The zero-order valence-corrected chi connectivity index (χ0v) is 12.3. The van der Waals surface area contributed by atoms with Gasteiger partial charge >= 0.3 is 5.97 Å². The van der Waals surface area contributed by atoms with Crippen molar-refractivity contribution in [3.05, 3.63) is 11.1 Å². The number of ether oxygens (including phenoxy) is 1. The number of unbranched alkanes of at least 4 members (excludes halogenated alkanes) is 4. The Labute approximate surface area is 120 Å². The topological polar surface area (TPSA) is 87.0 Å². The van der Waals surface area contributed by atoms with E-state index < -0.39 is 18.4 Å². The van der Waals surface area contributed by atoms with Crippen LogP contribution in [0.5, 0.6) is 0 Å². The van der Waals surface area contributed by atoms with Crippen LogP contribution in [-0.4, -0.2) is 39.8 Å². The molecule has 1 heterocycles. The lowest BCUT2D eigenvalue weighted by molar-refractivity contribution is -0.152. The van der Waals surface area contributed by atoms with Crippen molar-refractivity contribution in [2.24, 2.45) is 0 Å². The summed E-state index contributed by atoms with van der Waals surface area (Å²) in [6.45, 7) is 3.39. The van der Waals surface area contributed by atoms with Crippen molar-refractivity contribution in [2.75, 3.05) is 0 Å². The Hall–Kier alpha value is -0.910. The largest absolute Gasteiger partial charge is 0.428 e. The van der Waals surface area contributed by atoms with E-state index in [2.05, 4.69) is 4.74 Å². The van der Waals surface area contributed by atoms with Gasteiger partial charge in [-0.3, -0.25) is 0 Å².